The SMILES string of the molecule is CC1CN(C)C(C)CC1Nc1ccc(Br)cc1C#N. The number of nitriles is 1. The maximum atomic E-state index is 9.21. The van der Waals surface area contributed by atoms with E-state index < -0.39 is 0 Å². The summed E-state index contributed by atoms with van der Waals surface area (Å²) in [5.74, 6) is 0.580. The lowest BCUT2D eigenvalue weighted by Gasteiger charge is -2.40. The first-order valence-electron chi connectivity index (χ1n) is 6.67. The van der Waals surface area contributed by atoms with E-state index in [0.717, 1.165) is 23.1 Å². The summed E-state index contributed by atoms with van der Waals surface area (Å²) in [6.07, 6.45) is 1.11. The summed E-state index contributed by atoms with van der Waals surface area (Å²) >= 11 is 3.41. The smallest absolute Gasteiger partial charge is 0.101 e. The number of piperidine rings is 1. The predicted molar refractivity (Wildman–Crippen MR) is 82.1 cm³/mol. The lowest BCUT2D eigenvalue weighted by Crippen LogP contribution is -2.48. The van der Waals surface area contributed by atoms with Crippen molar-refractivity contribution in [2.24, 2.45) is 5.92 Å². The van der Waals surface area contributed by atoms with Crippen molar-refractivity contribution in [2.75, 3.05) is 18.9 Å². The van der Waals surface area contributed by atoms with Gasteiger partial charge in [-0.1, -0.05) is 22.9 Å². The molecule has 102 valence electrons. The summed E-state index contributed by atoms with van der Waals surface area (Å²) in [5, 5.41) is 12.8. The minimum atomic E-state index is 0.430. The summed E-state index contributed by atoms with van der Waals surface area (Å²) in [6, 6.07) is 9.10. The third-order valence-electron chi connectivity index (χ3n) is 4.05. The minimum absolute atomic E-state index is 0.430. The van der Waals surface area contributed by atoms with Crippen LogP contribution in [0.15, 0.2) is 22.7 Å². The Kier molecular flexibility index (Phi) is 4.49. The molecule has 1 N–H and O–H groups in total. The predicted octanol–water partition coefficient (Wildman–Crippen LogP) is 3.46. The molecule has 1 aromatic carbocycles. The first-order valence-corrected chi connectivity index (χ1v) is 7.47. The zero-order valence-electron chi connectivity index (χ0n) is 11.7. The van der Waals surface area contributed by atoms with Gasteiger partial charge in [0, 0.05) is 23.1 Å². The number of likely N-dealkylation sites (tertiary alicyclic amines) is 1. The molecule has 0 aromatic heterocycles. The lowest BCUT2D eigenvalue weighted by atomic mass is 9.89. The van der Waals surface area contributed by atoms with Crippen LogP contribution in [0.5, 0.6) is 0 Å². The van der Waals surface area contributed by atoms with Crippen LogP contribution in [-0.2, 0) is 0 Å². The fraction of sp³-hybridized carbons (Fsp3) is 0.533. The number of nitrogens with zero attached hydrogens (tertiary/aromatic N) is 2. The molecule has 3 nitrogen and oxygen atoms in total. The largest absolute Gasteiger partial charge is 0.381 e. The van der Waals surface area contributed by atoms with Crippen molar-refractivity contribution in [1.29, 1.82) is 5.26 Å². The molecule has 4 heteroatoms. The quantitative estimate of drug-likeness (QED) is 0.906. The van der Waals surface area contributed by atoms with E-state index >= 15 is 0 Å². The van der Waals surface area contributed by atoms with Crippen molar-refractivity contribution in [3.05, 3.63) is 28.2 Å². The second kappa shape index (κ2) is 5.94. The van der Waals surface area contributed by atoms with Crippen molar-refractivity contribution < 1.29 is 0 Å². The summed E-state index contributed by atoms with van der Waals surface area (Å²) in [7, 11) is 2.18. The molecule has 2 rings (SSSR count). The Morgan fingerprint density at radius 2 is 2.16 bits per heavy atom. The normalized spacial score (nSPS) is 27.8. The maximum Gasteiger partial charge on any atom is 0.101 e. The molecule has 3 atom stereocenters. The van der Waals surface area contributed by atoms with Crippen molar-refractivity contribution in [3.63, 3.8) is 0 Å². The van der Waals surface area contributed by atoms with E-state index in [1.165, 1.54) is 0 Å². The van der Waals surface area contributed by atoms with E-state index in [1.54, 1.807) is 0 Å². The van der Waals surface area contributed by atoms with Crippen molar-refractivity contribution in [1.82, 2.24) is 4.90 Å². The first kappa shape index (κ1) is 14.4. The maximum absolute atomic E-state index is 9.21. The Labute approximate surface area is 123 Å². The Morgan fingerprint density at radius 1 is 1.42 bits per heavy atom. The van der Waals surface area contributed by atoms with Gasteiger partial charge in [-0.05, 0) is 44.5 Å². The molecule has 3 unspecified atom stereocenters. The van der Waals surface area contributed by atoms with Crippen LogP contribution in [-0.4, -0.2) is 30.6 Å². The molecular weight excluding hydrogens is 302 g/mol. The number of hydrogen-bond acceptors (Lipinski definition) is 3. The molecular formula is C15H20BrN3. The lowest BCUT2D eigenvalue weighted by molar-refractivity contribution is 0.145. The molecule has 0 radical (unpaired) electrons. The minimum Gasteiger partial charge on any atom is -0.381 e. The van der Waals surface area contributed by atoms with Gasteiger partial charge in [0.15, 0.2) is 0 Å². The number of halogens is 1. The number of rotatable bonds is 2. The summed E-state index contributed by atoms with van der Waals surface area (Å²) in [4.78, 5) is 2.40. The van der Waals surface area contributed by atoms with E-state index in [4.69, 9.17) is 0 Å². The Bertz CT molecular complexity index is 495. The molecule has 0 bridgehead atoms. The highest BCUT2D eigenvalue weighted by Crippen LogP contribution is 2.27. The average molecular weight is 322 g/mol. The van der Waals surface area contributed by atoms with Crippen LogP contribution < -0.4 is 5.32 Å². The number of anilines is 1. The number of hydrogen-bond donors (Lipinski definition) is 1. The molecule has 1 fully saturated rings. The van der Waals surface area contributed by atoms with Crippen molar-refractivity contribution in [3.8, 4) is 6.07 Å². The number of benzene rings is 1. The highest BCUT2D eigenvalue weighted by molar-refractivity contribution is 9.10. The fourth-order valence-corrected chi connectivity index (χ4v) is 3.04. The van der Waals surface area contributed by atoms with Crippen LogP contribution in [0.25, 0.3) is 0 Å². The van der Waals surface area contributed by atoms with Gasteiger partial charge in [-0.2, -0.15) is 5.26 Å². The van der Waals surface area contributed by atoms with Crippen molar-refractivity contribution in [2.45, 2.75) is 32.4 Å². The van der Waals surface area contributed by atoms with Crippen LogP contribution in [0, 0.1) is 17.2 Å². The van der Waals surface area contributed by atoms with E-state index in [2.05, 4.69) is 53.1 Å². The molecule has 1 saturated heterocycles. The van der Waals surface area contributed by atoms with Gasteiger partial charge >= 0.3 is 0 Å². The highest BCUT2D eigenvalue weighted by atomic mass is 79.9. The molecule has 0 amide bonds. The van der Waals surface area contributed by atoms with Crippen LogP contribution in [0.4, 0.5) is 5.69 Å². The third-order valence-corrected chi connectivity index (χ3v) is 4.55. The third kappa shape index (κ3) is 3.29. The standard InChI is InChI=1S/C15H20BrN3/c1-10-9-19(3)11(2)6-15(10)18-14-5-4-13(16)7-12(14)8-17/h4-5,7,10-11,15,18H,6,9H2,1-3H3. The molecule has 0 spiro atoms. The summed E-state index contributed by atoms with van der Waals surface area (Å²) in [5.41, 5.74) is 1.65. The Morgan fingerprint density at radius 3 is 2.84 bits per heavy atom. The molecule has 1 aromatic rings. The molecule has 1 heterocycles. The van der Waals surface area contributed by atoms with Gasteiger partial charge < -0.3 is 10.2 Å². The average Bonchev–Trinajstić information content (AvgIpc) is 2.37. The molecule has 19 heavy (non-hydrogen) atoms. The fourth-order valence-electron chi connectivity index (χ4n) is 2.68. The van der Waals surface area contributed by atoms with Crippen LogP contribution >= 0.6 is 15.9 Å². The van der Waals surface area contributed by atoms with E-state index in [9.17, 15) is 5.26 Å². The summed E-state index contributed by atoms with van der Waals surface area (Å²) in [6.45, 7) is 5.62. The molecule has 1 aliphatic rings. The van der Waals surface area contributed by atoms with E-state index in [-0.39, 0.29) is 0 Å². The van der Waals surface area contributed by atoms with Gasteiger partial charge in [0.2, 0.25) is 0 Å². The van der Waals surface area contributed by atoms with Crippen LogP contribution in [0.2, 0.25) is 0 Å². The van der Waals surface area contributed by atoms with Gasteiger partial charge in [-0.3, -0.25) is 0 Å². The summed E-state index contributed by atoms with van der Waals surface area (Å²) < 4.78 is 0.944. The second-order valence-corrected chi connectivity index (χ2v) is 6.47. The number of nitrogens with one attached hydrogen (secondary N) is 1. The molecule has 0 saturated carbocycles. The first-order chi connectivity index (χ1) is 9.01. The highest BCUT2D eigenvalue weighted by Gasteiger charge is 2.29. The second-order valence-electron chi connectivity index (χ2n) is 5.55. The van der Waals surface area contributed by atoms with E-state index in [1.807, 2.05) is 18.2 Å². The topological polar surface area (TPSA) is 39.1 Å². The van der Waals surface area contributed by atoms with Gasteiger partial charge in [0.25, 0.3) is 0 Å². The Balaban J connectivity index is 2.15. The van der Waals surface area contributed by atoms with Gasteiger partial charge in [-0.15, -0.1) is 0 Å². The zero-order chi connectivity index (χ0) is 14.0. The van der Waals surface area contributed by atoms with Gasteiger partial charge in [0.05, 0.1) is 11.3 Å². The van der Waals surface area contributed by atoms with Crippen molar-refractivity contribution >= 4 is 21.6 Å². The van der Waals surface area contributed by atoms with Gasteiger partial charge in [0.1, 0.15) is 6.07 Å². The zero-order valence-corrected chi connectivity index (χ0v) is 13.2. The van der Waals surface area contributed by atoms with Crippen LogP contribution in [0.1, 0.15) is 25.8 Å². The Hall–Kier alpha value is -1.05. The monoisotopic (exact) mass is 321 g/mol. The molecule has 1 aliphatic heterocycles. The molecule has 0 aliphatic carbocycles. The van der Waals surface area contributed by atoms with E-state index in [0.29, 0.717) is 23.6 Å². The van der Waals surface area contributed by atoms with Gasteiger partial charge in [-0.25, -0.2) is 0 Å². The van der Waals surface area contributed by atoms with Crippen LogP contribution in [0.3, 0.4) is 0 Å².